The first-order valence-corrected chi connectivity index (χ1v) is 8.19. The van der Waals surface area contributed by atoms with Crippen molar-refractivity contribution in [2.24, 2.45) is 11.7 Å². The quantitative estimate of drug-likeness (QED) is 0.830. The molecule has 7 heteroatoms. The van der Waals surface area contributed by atoms with Gasteiger partial charge in [0.15, 0.2) is 6.17 Å². The molecule has 0 spiro atoms. The average Bonchev–Trinajstić information content (AvgIpc) is 2.60. The number of halogens is 1. The molecule has 3 N–H and O–H groups in total. The van der Waals surface area contributed by atoms with E-state index in [9.17, 15) is 14.0 Å². The minimum absolute atomic E-state index is 0.200. The molecule has 0 aliphatic carbocycles. The van der Waals surface area contributed by atoms with Crippen LogP contribution in [0.2, 0.25) is 0 Å². The third-order valence-corrected chi connectivity index (χ3v) is 4.22. The third kappa shape index (κ3) is 4.59. The van der Waals surface area contributed by atoms with Gasteiger partial charge in [-0.25, -0.2) is 9.18 Å². The summed E-state index contributed by atoms with van der Waals surface area (Å²) >= 11 is 0. The SMILES string of the molecule is CCOc1ccccc1CNC(=O)N1CCC(C(F)C(N)=O)CC1. The van der Waals surface area contributed by atoms with Gasteiger partial charge in [0.1, 0.15) is 5.75 Å². The smallest absolute Gasteiger partial charge is 0.317 e. The molecule has 3 amide bonds. The predicted octanol–water partition coefficient (Wildman–Crippen LogP) is 1.83. The number of nitrogens with two attached hydrogens (primary N) is 1. The van der Waals surface area contributed by atoms with Crippen LogP contribution >= 0.6 is 0 Å². The van der Waals surface area contributed by atoms with Gasteiger partial charge in [-0.15, -0.1) is 0 Å². The normalized spacial score (nSPS) is 16.5. The Kier molecular flexibility index (Phi) is 6.40. The molecule has 132 valence electrons. The van der Waals surface area contributed by atoms with E-state index in [0.717, 1.165) is 11.3 Å². The maximum absolute atomic E-state index is 13.6. The van der Waals surface area contributed by atoms with Gasteiger partial charge >= 0.3 is 6.03 Å². The molecular weight excluding hydrogens is 313 g/mol. The zero-order valence-corrected chi connectivity index (χ0v) is 13.8. The molecule has 1 aliphatic rings. The van der Waals surface area contributed by atoms with Crippen molar-refractivity contribution in [1.82, 2.24) is 10.2 Å². The fraction of sp³-hybridized carbons (Fsp3) is 0.529. The maximum Gasteiger partial charge on any atom is 0.317 e. The lowest BCUT2D eigenvalue weighted by atomic mass is 9.92. The van der Waals surface area contributed by atoms with Gasteiger partial charge in [-0.3, -0.25) is 4.79 Å². The Hall–Kier alpha value is -2.31. The van der Waals surface area contributed by atoms with E-state index >= 15 is 0 Å². The summed E-state index contributed by atoms with van der Waals surface area (Å²) in [4.78, 5) is 24.8. The molecule has 1 fully saturated rings. The first kappa shape index (κ1) is 18.0. The second-order valence-corrected chi connectivity index (χ2v) is 5.83. The molecule has 0 aromatic heterocycles. The Balaban J connectivity index is 1.83. The van der Waals surface area contributed by atoms with Gasteiger partial charge < -0.3 is 20.7 Å². The molecule has 1 atom stereocenters. The highest BCUT2D eigenvalue weighted by atomic mass is 19.1. The Bertz CT molecular complexity index is 574. The van der Waals surface area contributed by atoms with Crippen LogP contribution in [0.4, 0.5) is 9.18 Å². The Morgan fingerprint density at radius 3 is 2.67 bits per heavy atom. The van der Waals surface area contributed by atoms with Crippen molar-refractivity contribution in [2.75, 3.05) is 19.7 Å². The monoisotopic (exact) mass is 337 g/mol. The Morgan fingerprint density at radius 2 is 2.04 bits per heavy atom. The second-order valence-electron chi connectivity index (χ2n) is 5.83. The van der Waals surface area contributed by atoms with Crippen LogP contribution in [0.5, 0.6) is 5.75 Å². The predicted molar refractivity (Wildman–Crippen MR) is 88.2 cm³/mol. The van der Waals surface area contributed by atoms with Crippen LogP contribution in [-0.4, -0.2) is 42.7 Å². The second kappa shape index (κ2) is 8.52. The number of nitrogens with zero attached hydrogens (tertiary/aromatic N) is 1. The van der Waals surface area contributed by atoms with Crippen molar-refractivity contribution in [2.45, 2.75) is 32.5 Å². The highest BCUT2D eigenvalue weighted by Gasteiger charge is 2.31. The minimum Gasteiger partial charge on any atom is -0.494 e. The molecule has 0 radical (unpaired) electrons. The van der Waals surface area contributed by atoms with Gasteiger partial charge in [-0.05, 0) is 25.8 Å². The molecule has 2 rings (SSSR count). The van der Waals surface area contributed by atoms with E-state index in [1.54, 1.807) is 4.90 Å². The average molecular weight is 337 g/mol. The number of hydrogen-bond donors (Lipinski definition) is 2. The van der Waals surface area contributed by atoms with Crippen LogP contribution in [0.3, 0.4) is 0 Å². The van der Waals surface area contributed by atoms with Gasteiger partial charge in [0.05, 0.1) is 6.61 Å². The summed E-state index contributed by atoms with van der Waals surface area (Å²) in [5.74, 6) is -0.573. The van der Waals surface area contributed by atoms with Crippen molar-refractivity contribution < 1.29 is 18.7 Å². The van der Waals surface area contributed by atoms with Crippen molar-refractivity contribution in [3.8, 4) is 5.75 Å². The number of carbonyl (C=O) groups is 2. The Labute approximate surface area is 141 Å². The number of carbonyl (C=O) groups excluding carboxylic acids is 2. The molecule has 1 saturated heterocycles. The zero-order valence-electron chi connectivity index (χ0n) is 13.8. The van der Waals surface area contributed by atoms with E-state index < -0.39 is 18.0 Å². The van der Waals surface area contributed by atoms with Crippen molar-refractivity contribution >= 4 is 11.9 Å². The maximum atomic E-state index is 13.6. The number of nitrogens with one attached hydrogen (secondary N) is 1. The number of primary amides is 1. The third-order valence-electron chi connectivity index (χ3n) is 4.22. The standard InChI is InChI=1S/C17H24FN3O3/c1-2-24-14-6-4-3-5-13(14)11-20-17(23)21-9-7-12(8-10-21)15(18)16(19)22/h3-6,12,15H,2,7-11H2,1H3,(H2,19,22)(H,20,23). The molecular formula is C17H24FN3O3. The van der Waals surface area contributed by atoms with E-state index in [4.69, 9.17) is 10.5 Å². The molecule has 1 heterocycles. The summed E-state index contributed by atoms with van der Waals surface area (Å²) in [6, 6.07) is 7.34. The van der Waals surface area contributed by atoms with Crippen LogP contribution < -0.4 is 15.8 Å². The van der Waals surface area contributed by atoms with Crippen LogP contribution in [0, 0.1) is 5.92 Å². The highest BCUT2D eigenvalue weighted by Crippen LogP contribution is 2.23. The number of urea groups is 1. The number of likely N-dealkylation sites (tertiary alicyclic amines) is 1. The van der Waals surface area contributed by atoms with Gasteiger partial charge in [-0.2, -0.15) is 0 Å². The van der Waals surface area contributed by atoms with E-state index in [2.05, 4.69) is 5.32 Å². The van der Waals surface area contributed by atoms with Gasteiger partial charge in [0, 0.05) is 31.1 Å². The molecule has 1 unspecified atom stereocenters. The largest absolute Gasteiger partial charge is 0.494 e. The van der Waals surface area contributed by atoms with E-state index in [-0.39, 0.29) is 6.03 Å². The summed E-state index contributed by atoms with van der Waals surface area (Å²) < 4.78 is 19.1. The van der Waals surface area contributed by atoms with Crippen LogP contribution in [0.15, 0.2) is 24.3 Å². The molecule has 0 bridgehead atoms. The molecule has 1 aliphatic heterocycles. The first-order valence-electron chi connectivity index (χ1n) is 8.19. The Morgan fingerprint density at radius 1 is 1.38 bits per heavy atom. The van der Waals surface area contributed by atoms with Gasteiger partial charge in [0.2, 0.25) is 0 Å². The lowest BCUT2D eigenvalue weighted by Gasteiger charge is -2.32. The molecule has 1 aromatic rings. The lowest BCUT2D eigenvalue weighted by molar-refractivity contribution is -0.125. The fourth-order valence-corrected chi connectivity index (χ4v) is 2.86. The molecule has 1 aromatic carbocycles. The number of piperidine rings is 1. The number of benzene rings is 1. The van der Waals surface area contributed by atoms with E-state index in [1.807, 2.05) is 31.2 Å². The summed E-state index contributed by atoms with van der Waals surface area (Å²) in [5, 5.41) is 2.86. The number of ether oxygens (including phenoxy) is 1. The lowest BCUT2D eigenvalue weighted by Crippen LogP contribution is -2.46. The van der Waals surface area contributed by atoms with Crippen LogP contribution in [0.1, 0.15) is 25.3 Å². The summed E-state index contributed by atoms with van der Waals surface area (Å²) in [7, 11) is 0. The van der Waals surface area contributed by atoms with Crippen LogP contribution in [0.25, 0.3) is 0 Å². The first-order chi connectivity index (χ1) is 11.5. The van der Waals surface area contributed by atoms with E-state index in [0.29, 0.717) is 39.1 Å². The molecule has 24 heavy (non-hydrogen) atoms. The zero-order chi connectivity index (χ0) is 17.5. The number of hydrogen-bond acceptors (Lipinski definition) is 3. The number of alkyl halides is 1. The summed E-state index contributed by atoms with van der Waals surface area (Å²) in [6.07, 6.45) is -0.756. The minimum atomic E-state index is -1.63. The van der Waals surface area contributed by atoms with Gasteiger partial charge in [-0.1, -0.05) is 18.2 Å². The molecule has 6 nitrogen and oxygen atoms in total. The number of amides is 3. The van der Waals surface area contributed by atoms with Gasteiger partial charge in [0.25, 0.3) is 5.91 Å². The van der Waals surface area contributed by atoms with E-state index in [1.165, 1.54) is 0 Å². The summed E-state index contributed by atoms with van der Waals surface area (Å²) in [6.45, 7) is 3.66. The van der Waals surface area contributed by atoms with Crippen LogP contribution in [-0.2, 0) is 11.3 Å². The fourth-order valence-electron chi connectivity index (χ4n) is 2.86. The molecule has 0 saturated carbocycles. The van der Waals surface area contributed by atoms with Crippen molar-refractivity contribution in [1.29, 1.82) is 0 Å². The van der Waals surface area contributed by atoms with Crippen molar-refractivity contribution in [3.63, 3.8) is 0 Å². The highest BCUT2D eigenvalue weighted by molar-refractivity contribution is 5.79. The number of para-hydroxylation sites is 1. The number of rotatable bonds is 6. The topological polar surface area (TPSA) is 84.7 Å². The van der Waals surface area contributed by atoms with Crippen molar-refractivity contribution in [3.05, 3.63) is 29.8 Å². The summed E-state index contributed by atoms with van der Waals surface area (Å²) in [5.41, 5.74) is 5.90.